The van der Waals surface area contributed by atoms with Crippen molar-refractivity contribution >= 4 is 5.82 Å². The molecular weight excluding hydrogens is 243 g/mol. The molecule has 0 fully saturated rings. The number of aliphatic hydroxyl groups excluding tert-OH is 1. The molecule has 3 nitrogen and oxygen atoms in total. The molecule has 19 heavy (non-hydrogen) atoms. The normalized spacial score (nSPS) is 10.5. The van der Waals surface area contributed by atoms with Gasteiger partial charge in [0.15, 0.2) is 0 Å². The summed E-state index contributed by atoms with van der Waals surface area (Å²) in [4.78, 5) is 6.38. The van der Waals surface area contributed by atoms with Crippen LogP contribution < -0.4 is 4.90 Å². The fraction of sp³-hybridized carbons (Fsp3) is 0.267. The van der Waals surface area contributed by atoms with E-state index in [0.717, 1.165) is 22.6 Å². The number of aryl methyl sites for hydroxylation is 1. The van der Waals surface area contributed by atoms with Crippen molar-refractivity contribution in [1.82, 2.24) is 4.98 Å². The number of nitrogens with zero attached hydrogens (tertiary/aromatic N) is 2. The topological polar surface area (TPSA) is 36.4 Å². The lowest BCUT2D eigenvalue weighted by Gasteiger charge is -2.19. The molecule has 1 aromatic heterocycles. The zero-order valence-electron chi connectivity index (χ0n) is 11.1. The van der Waals surface area contributed by atoms with Crippen LogP contribution in [0.1, 0.15) is 16.8 Å². The zero-order valence-corrected chi connectivity index (χ0v) is 11.1. The van der Waals surface area contributed by atoms with Gasteiger partial charge in [-0.1, -0.05) is 18.2 Å². The van der Waals surface area contributed by atoms with E-state index in [-0.39, 0.29) is 12.4 Å². The smallest absolute Gasteiger partial charge is 0.128 e. The molecule has 100 valence electrons. The highest BCUT2D eigenvalue weighted by Gasteiger charge is 2.06. The highest BCUT2D eigenvalue weighted by atomic mass is 19.1. The minimum absolute atomic E-state index is 0.00722. The third-order valence-corrected chi connectivity index (χ3v) is 3.05. The molecule has 0 aliphatic rings. The lowest BCUT2D eigenvalue weighted by Crippen LogP contribution is -2.18. The van der Waals surface area contributed by atoms with E-state index in [2.05, 4.69) is 4.98 Å². The Morgan fingerprint density at radius 1 is 1.26 bits per heavy atom. The number of hydrogen-bond acceptors (Lipinski definition) is 3. The largest absolute Gasteiger partial charge is 0.392 e. The van der Waals surface area contributed by atoms with Gasteiger partial charge in [-0.05, 0) is 36.2 Å². The summed E-state index contributed by atoms with van der Waals surface area (Å²) in [5.41, 5.74) is 2.53. The van der Waals surface area contributed by atoms with E-state index < -0.39 is 0 Å². The van der Waals surface area contributed by atoms with Gasteiger partial charge in [-0.2, -0.15) is 0 Å². The van der Waals surface area contributed by atoms with Crippen molar-refractivity contribution in [2.45, 2.75) is 20.1 Å². The molecule has 0 bridgehead atoms. The average molecular weight is 260 g/mol. The highest BCUT2D eigenvalue weighted by Crippen LogP contribution is 2.16. The van der Waals surface area contributed by atoms with Gasteiger partial charge in [0, 0.05) is 19.3 Å². The maximum Gasteiger partial charge on any atom is 0.128 e. The second-order valence-electron chi connectivity index (χ2n) is 4.56. The Morgan fingerprint density at radius 3 is 2.68 bits per heavy atom. The van der Waals surface area contributed by atoms with Crippen LogP contribution in [0.4, 0.5) is 10.2 Å². The Bertz CT molecular complexity index is 572. The minimum Gasteiger partial charge on any atom is -0.392 e. The second kappa shape index (κ2) is 5.80. The van der Waals surface area contributed by atoms with Gasteiger partial charge < -0.3 is 10.0 Å². The number of anilines is 1. The van der Waals surface area contributed by atoms with Crippen LogP contribution in [0.25, 0.3) is 0 Å². The van der Waals surface area contributed by atoms with Crippen LogP contribution in [0, 0.1) is 12.7 Å². The summed E-state index contributed by atoms with van der Waals surface area (Å²) in [7, 11) is 1.91. The summed E-state index contributed by atoms with van der Waals surface area (Å²) in [6, 6.07) is 10.3. The van der Waals surface area contributed by atoms with Gasteiger partial charge in [0.2, 0.25) is 0 Å². The fourth-order valence-electron chi connectivity index (χ4n) is 1.95. The molecule has 1 heterocycles. The first-order chi connectivity index (χ1) is 9.10. The molecule has 0 atom stereocenters. The average Bonchev–Trinajstić information content (AvgIpc) is 2.38. The van der Waals surface area contributed by atoms with Crippen molar-refractivity contribution in [2.75, 3.05) is 11.9 Å². The third-order valence-electron chi connectivity index (χ3n) is 3.05. The van der Waals surface area contributed by atoms with Gasteiger partial charge in [-0.25, -0.2) is 9.37 Å². The SMILES string of the molecule is Cc1nc(N(C)Cc2cccc(F)c2)ccc1CO. The quantitative estimate of drug-likeness (QED) is 0.918. The minimum atomic E-state index is -0.231. The molecule has 2 aromatic rings. The highest BCUT2D eigenvalue weighted by molar-refractivity contribution is 5.41. The van der Waals surface area contributed by atoms with Gasteiger partial charge >= 0.3 is 0 Å². The van der Waals surface area contributed by atoms with Crippen LogP contribution in [0.3, 0.4) is 0 Å². The molecule has 0 saturated carbocycles. The van der Waals surface area contributed by atoms with E-state index in [1.54, 1.807) is 6.07 Å². The van der Waals surface area contributed by atoms with Crippen molar-refractivity contribution in [1.29, 1.82) is 0 Å². The maximum atomic E-state index is 13.1. The van der Waals surface area contributed by atoms with Crippen molar-refractivity contribution in [3.8, 4) is 0 Å². The Balaban J connectivity index is 2.15. The van der Waals surface area contributed by atoms with Gasteiger partial charge in [0.05, 0.1) is 6.61 Å². The molecule has 0 spiro atoms. The van der Waals surface area contributed by atoms with Gasteiger partial charge in [-0.3, -0.25) is 0 Å². The summed E-state index contributed by atoms with van der Waals surface area (Å²) < 4.78 is 13.1. The lowest BCUT2D eigenvalue weighted by molar-refractivity contribution is 0.280. The van der Waals surface area contributed by atoms with Crippen LogP contribution in [0.2, 0.25) is 0 Å². The number of rotatable bonds is 4. The van der Waals surface area contributed by atoms with E-state index in [1.165, 1.54) is 12.1 Å². The number of aliphatic hydroxyl groups is 1. The third kappa shape index (κ3) is 3.29. The number of hydrogen-bond donors (Lipinski definition) is 1. The Kier molecular flexibility index (Phi) is 4.12. The van der Waals surface area contributed by atoms with Gasteiger partial charge in [0.1, 0.15) is 11.6 Å². The van der Waals surface area contributed by atoms with Crippen molar-refractivity contribution in [3.63, 3.8) is 0 Å². The van der Waals surface area contributed by atoms with Crippen LogP contribution in [0.5, 0.6) is 0 Å². The van der Waals surface area contributed by atoms with E-state index in [1.807, 2.05) is 37.1 Å². The standard InChI is InChI=1S/C15H17FN2O/c1-11-13(10-19)6-7-15(17-11)18(2)9-12-4-3-5-14(16)8-12/h3-8,19H,9-10H2,1-2H3. The monoisotopic (exact) mass is 260 g/mol. The number of benzene rings is 1. The van der Waals surface area contributed by atoms with Gasteiger partial charge in [0.25, 0.3) is 0 Å². The Hall–Kier alpha value is -1.94. The van der Waals surface area contributed by atoms with Crippen LogP contribution >= 0.6 is 0 Å². The Labute approximate surface area is 112 Å². The molecule has 2 rings (SSSR count). The van der Waals surface area contributed by atoms with Crippen LogP contribution in [-0.2, 0) is 13.2 Å². The van der Waals surface area contributed by atoms with Crippen molar-refractivity contribution < 1.29 is 9.50 Å². The molecule has 0 radical (unpaired) electrons. The van der Waals surface area contributed by atoms with Crippen LogP contribution in [0.15, 0.2) is 36.4 Å². The summed E-state index contributed by atoms with van der Waals surface area (Å²) >= 11 is 0. The molecular formula is C15H17FN2O. The first kappa shape index (κ1) is 13.5. The van der Waals surface area contributed by atoms with E-state index in [0.29, 0.717) is 6.54 Å². The summed E-state index contributed by atoms with van der Waals surface area (Å²) in [5.74, 6) is 0.574. The van der Waals surface area contributed by atoms with E-state index in [4.69, 9.17) is 5.11 Å². The zero-order chi connectivity index (χ0) is 13.8. The maximum absolute atomic E-state index is 13.1. The first-order valence-corrected chi connectivity index (χ1v) is 6.13. The number of halogens is 1. The summed E-state index contributed by atoms with van der Waals surface area (Å²) in [5, 5.41) is 9.12. The fourth-order valence-corrected chi connectivity index (χ4v) is 1.95. The molecule has 0 amide bonds. The summed E-state index contributed by atoms with van der Waals surface area (Å²) in [6.07, 6.45) is 0. The molecule has 0 aliphatic heterocycles. The number of aromatic nitrogens is 1. The van der Waals surface area contributed by atoms with Crippen LogP contribution in [-0.4, -0.2) is 17.1 Å². The van der Waals surface area contributed by atoms with Gasteiger partial charge in [-0.15, -0.1) is 0 Å². The first-order valence-electron chi connectivity index (χ1n) is 6.13. The molecule has 0 aliphatic carbocycles. The van der Waals surface area contributed by atoms with E-state index in [9.17, 15) is 4.39 Å². The van der Waals surface area contributed by atoms with E-state index >= 15 is 0 Å². The summed E-state index contributed by atoms with van der Waals surface area (Å²) in [6.45, 7) is 2.44. The molecule has 1 aromatic carbocycles. The predicted octanol–water partition coefficient (Wildman–Crippen LogP) is 2.66. The number of pyridine rings is 1. The van der Waals surface area contributed by atoms with Crippen molar-refractivity contribution in [3.05, 3.63) is 59.0 Å². The molecule has 0 unspecified atom stereocenters. The lowest BCUT2D eigenvalue weighted by atomic mass is 10.2. The molecule has 1 N–H and O–H groups in total. The molecule has 4 heteroatoms. The predicted molar refractivity (Wildman–Crippen MR) is 73.4 cm³/mol. The second-order valence-corrected chi connectivity index (χ2v) is 4.56. The Morgan fingerprint density at radius 2 is 2.05 bits per heavy atom. The molecule has 0 saturated heterocycles. The van der Waals surface area contributed by atoms with Crippen molar-refractivity contribution in [2.24, 2.45) is 0 Å².